The summed E-state index contributed by atoms with van der Waals surface area (Å²) in [6, 6.07) is 8.07. The Morgan fingerprint density at radius 3 is 2.75 bits per heavy atom. The molecule has 1 amide bonds. The van der Waals surface area contributed by atoms with Gasteiger partial charge in [-0.05, 0) is 25.5 Å². The first-order valence-electron chi connectivity index (χ1n) is 5.89. The zero-order chi connectivity index (χ0) is 11.5. The lowest BCUT2D eigenvalue weighted by Crippen LogP contribution is -2.35. The number of anilines is 1. The van der Waals surface area contributed by atoms with Crippen molar-refractivity contribution in [3.05, 3.63) is 29.8 Å². The van der Waals surface area contributed by atoms with Crippen molar-refractivity contribution >= 4 is 11.6 Å². The molecule has 0 saturated carbocycles. The third-order valence-corrected chi connectivity index (χ3v) is 3.21. The number of amides is 1. The van der Waals surface area contributed by atoms with Crippen LogP contribution in [0, 0.1) is 0 Å². The number of nitrogens with zero attached hydrogens (tertiary/aromatic N) is 1. The van der Waals surface area contributed by atoms with Gasteiger partial charge in [0.25, 0.3) is 0 Å². The van der Waals surface area contributed by atoms with Gasteiger partial charge in [0, 0.05) is 25.3 Å². The van der Waals surface area contributed by atoms with Gasteiger partial charge in [-0.25, -0.2) is 0 Å². The molecule has 1 unspecified atom stereocenters. The van der Waals surface area contributed by atoms with Crippen LogP contribution in [0.3, 0.4) is 0 Å². The highest BCUT2D eigenvalue weighted by Gasteiger charge is 2.30. The number of hydrogen-bond acceptors (Lipinski definition) is 2. The highest BCUT2D eigenvalue weighted by atomic mass is 16.2. The number of para-hydroxylation sites is 1. The van der Waals surface area contributed by atoms with E-state index in [1.54, 1.807) is 0 Å². The average Bonchev–Trinajstić information content (AvgIpc) is 2.74. The Hall–Kier alpha value is -1.51. The molecule has 1 heterocycles. The molecule has 1 N–H and O–H groups in total. The van der Waals surface area contributed by atoms with E-state index in [1.165, 1.54) is 0 Å². The van der Waals surface area contributed by atoms with Crippen LogP contribution < -0.4 is 5.32 Å². The number of benzene rings is 1. The molecule has 2 rings (SSSR count). The Balaban J connectivity index is 2.22. The third-order valence-electron chi connectivity index (χ3n) is 3.21. The van der Waals surface area contributed by atoms with E-state index < -0.39 is 0 Å². The monoisotopic (exact) mass is 218 g/mol. The van der Waals surface area contributed by atoms with Gasteiger partial charge in [-0.1, -0.05) is 18.2 Å². The Kier molecular flexibility index (Phi) is 3.13. The summed E-state index contributed by atoms with van der Waals surface area (Å²) in [6.45, 7) is 6.35. The maximum atomic E-state index is 12.3. The van der Waals surface area contributed by atoms with Crippen LogP contribution in [-0.2, 0) is 4.79 Å². The largest absolute Gasteiger partial charge is 0.384 e. The van der Waals surface area contributed by atoms with E-state index in [1.807, 2.05) is 43.0 Å². The van der Waals surface area contributed by atoms with Crippen molar-refractivity contribution in [3.63, 3.8) is 0 Å². The predicted octanol–water partition coefficient (Wildman–Crippen LogP) is 2.06. The fourth-order valence-corrected chi connectivity index (χ4v) is 2.26. The van der Waals surface area contributed by atoms with E-state index in [9.17, 15) is 4.79 Å². The quantitative estimate of drug-likeness (QED) is 0.842. The van der Waals surface area contributed by atoms with Gasteiger partial charge >= 0.3 is 0 Å². The summed E-state index contributed by atoms with van der Waals surface area (Å²) >= 11 is 0. The van der Waals surface area contributed by atoms with Crippen molar-refractivity contribution < 1.29 is 4.79 Å². The fraction of sp³-hybridized carbons (Fsp3) is 0.462. The van der Waals surface area contributed by atoms with E-state index in [0.29, 0.717) is 0 Å². The summed E-state index contributed by atoms with van der Waals surface area (Å²) in [6.07, 6.45) is 0. The molecule has 3 nitrogen and oxygen atoms in total. The van der Waals surface area contributed by atoms with E-state index in [4.69, 9.17) is 0 Å². The van der Waals surface area contributed by atoms with Crippen LogP contribution in [0.2, 0.25) is 0 Å². The standard InChI is InChI=1S/C13H18N2O/c1-3-15(4-2)13(16)11-9-14-12-8-6-5-7-10(11)12/h5-8,11,14H,3-4,9H2,1-2H3. The first-order valence-corrected chi connectivity index (χ1v) is 5.89. The fourth-order valence-electron chi connectivity index (χ4n) is 2.26. The first-order chi connectivity index (χ1) is 7.77. The lowest BCUT2D eigenvalue weighted by atomic mass is 10.00. The molecule has 1 atom stereocenters. The lowest BCUT2D eigenvalue weighted by Gasteiger charge is -2.22. The van der Waals surface area contributed by atoms with Gasteiger partial charge in [0.15, 0.2) is 0 Å². The molecule has 1 aromatic rings. The van der Waals surface area contributed by atoms with Crippen molar-refractivity contribution in [1.29, 1.82) is 0 Å². The van der Waals surface area contributed by atoms with E-state index in [0.717, 1.165) is 30.9 Å². The number of carbonyl (C=O) groups excluding carboxylic acids is 1. The minimum absolute atomic E-state index is 0.00361. The second-order valence-corrected chi connectivity index (χ2v) is 4.03. The van der Waals surface area contributed by atoms with Gasteiger partial charge in [0.2, 0.25) is 5.91 Å². The molecule has 16 heavy (non-hydrogen) atoms. The highest BCUT2D eigenvalue weighted by Crippen LogP contribution is 2.32. The van der Waals surface area contributed by atoms with Crippen LogP contribution in [-0.4, -0.2) is 30.4 Å². The van der Waals surface area contributed by atoms with Crippen LogP contribution in [0.25, 0.3) is 0 Å². The highest BCUT2D eigenvalue weighted by molar-refractivity contribution is 5.88. The van der Waals surface area contributed by atoms with Crippen LogP contribution in [0.5, 0.6) is 0 Å². The van der Waals surface area contributed by atoms with Crippen LogP contribution in [0.15, 0.2) is 24.3 Å². The van der Waals surface area contributed by atoms with Gasteiger partial charge in [0.05, 0.1) is 5.92 Å². The van der Waals surface area contributed by atoms with E-state index in [-0.39, 0.29) is 11.8 Å². The zero-order valence-corrected chi connectivity index (χ0v) is 9.86. The van der Waals surface area contributed by atoms with Crippen molar-refractivity contribution in [2.24, 2.45) is 0 Å². The number of carbonyl (C=O) groups is 1. The van der Waals surface area contributed by atoms with Crippen molar-refractivity contribution in [3.8, 4) is 0 Å². The summed E-state index contributed by atoms with van der Waals surface area (Å²) in [4.78, 5) is 14.2. The SMILES string of the molecule is CCN(CC)C(=O)C1CNc2ccccc21. The minimum Gasteiger partial charge on any atom is -0.384 e. The third kappa shape index (κ3) is 1.77. The molecule has 1 aliphatic rings. The zero-order valence-electron chi connectivity index (χ0n) is 9.86. The summed E-state index contributed by atoms with van der Waals surface area (Å²) < 4.78 is 0. The summed E-state index contributed by atoms with van der Waals surface area (Å²) in [5.41, 5.74) is 2.24. The molecule has 0 fully saturated rings. The number of nitrogens with one attached hydrogen (secondary N) is 1. The van der Waals surface area contributed by atoms with Gasteiger partial charge in [-0.15, -0.1) is 0 Å². The smallest absolute Gasteiger partial charge is 0.231 e. The Labute approximate surface area is 96.5 Å². The van der Waals surface area contributed by atoms with Crippen molar-refractivity contribution in [1.82, 2.24) is 4.90 Å². The molecular weight excluding hydrogens is 200 g/mol. The first kappa shape index (κ1) is 11.0. The number of likely N-dealkylation sites (N-methyl/N-ethyl adjacent to an activating group) is 1. The van der Waals surface area contributed by atoms with Crippen molar-refractivity contribution in [2.45, 2.75) is 19.8 Å². The molecule has 0 aromatic heterocycles. The molecule has 0 spiro atoms. The minimum atomic E-state index is -0.00361. The van der Waals surface area contributed by atoms with E-state index >= 15 is 0 Å². The number of fused-ring (bicyclic) bond motifs is 1. The Morgan fingerprint density at radius 2 is 2.06 bits per heavy atom. The molecule has 0 aliphatic carbocycles. The second-order valence-electron chi connectivity index (χ2n) is 4.03. The van der Waals surface area contributed by atoms with Gasteiger partial charge in [0.1, 0.15) is 0 Å². The molecular formula is C13H18N2O. The number of hydrogen-bond donors (Lipinski definition) is 1. The molecule has 0 bridgehead atoms. The van der Waals surface area contributed by atoms with Crippen molar-refractivity contribution in [2.75, 3.05) is 25.0 Å². The molecule has 3 heteroatoms. The summed E-state index contributed by atoms with van der Waals surface area (Å²) in [7, 11) is 0. The Morgan fingerprint density at radius 1 is 1.38 bits per heavy atom. The molecule has 0 saturated heterocycles. The summed E-state index contributed by atoms with van der Waals surface area (Å²) in [5.74, 6) is 0.235. The topological polar surface area (TPSA) is 32.3 Å². The van der Waals surface area contributed by atoms with Crippen LogP contribution >= 0.6 is 0 Å². The van der Waals surface area contributed by atoms with Gasteiger partial charge in [-0.2, -0.15) is 0 Å². The van der Waals surface area contributed by atoms with Gasteiger partial charge in [-0.3, -0.25) is 4.79 Å². The lowest BCUT2D eigenvalue weighted by molar-refractivity contribution is -0.132. The molecule has 86 valence electrons. The van der Waals surface area contributed by atoms with Crippen LogP contribution in [0.4, 0.5) is 5.69 Å². The maximum Gasteiger partial charge on any atom is 0.231 e. The maximum absolute atomic E-state index is 12.3. The predicted molar refractivity (Wildman–Crippen MR) is 65.6 cm³/mol. The van der Waals surface area contributed by atoms with Crippen LogP contribution in [0.1, 0.15) is 25.3 Å². The summed E-state index contributed by atoms with van der Waals surface area (Å²) in [5, 5.41) is 3.29. The molecule has 1 aliphatic heterocycles. The molecule has 0 radical (unpaired) electrons. The Bertz CT molecular complexity index is 385. The van der Waals surface area contributed by atoms with Gasteiger partial charge < -0.3 is 10.2 Å². The average molecular weight is 218 g/mol. The van der Waals surface area contributed by atoms with E-state index in [2.05, 4.69) is 5.32 Å². The normalized spacial score (nSPS) is 17.8. The number of rotatable bonds is 3. The second kappa shape index (κ2) is 4.56. The molecule has 1 aromatic carbocycles.